The molecule has 9 heteroatoms. The van der Waals surface area contributed by atoms with Crippen molar-refractivity contribution in [2.24, 2.45) is 7.05 Å². The molecular weight excluding hydrogens is 396 g/mol. The van der Waals surface area contributed by atoms with Gasteiger partial charge in [0.25, 0.3) is 0 Å². The van der Waals surface area contributed by atoms with Crippen molar-refractivity contribution in [2.75, 3.05) is 5.32 Å². The molecule has 0 bridgehead atoms. The number of allylic oxidation sites excluding steroid dienone is 1. The molecule has 3 nitrogen and oxygen atoms in total. The van der Waals surface area contributed by atoms with E-state index in [1.54, 1.807) is 0 Å². The molecule has 29 heavy (non-hydrogen) atoms. The number of nitrogens with zero attached hydrogens (tertiary/aromatic N) is 2. The van der Waals surface area contributed by atoms with Crippen LogP contribution in [0.5, 0.6) is 0 Å². The molecule has 154 valence electrons. The van der Waals surface area contributed by atoms with Crippen molar-refractivity contribution in [1.82, 2.24) is 9.78 Å². The zero-order valence-electron chi connectivity index (χ0n) is 15.1. The van der Waals surface area contributed by atoms with E-state index >= 15 is 0 Å². The smallest absolute Gasteiger partial charge is 0.309 e. The maximum Gasteiger partial charge on any atom is 0.309 e. The minimum Gasteiger partial charge on any atom is -0.381 e. The first-order chi connectivity index (χ1) is 13.6. The Morgan fingerprint density at radius 3 is 2.31 bits per heavy atom. The summed E-state index contributed by atoms with van der Waals surface area (Å²) >= 11 is 0. The second-order valence-corrected chi connectivity index (χ2v) is 6.27. The third-order valence-electron chi connectivity index (χ3n) is 4.27. The highest BCUT2D eigenvalue weighted by Gasteiger charge is 2.32. The number of rotatable bonds is 6. The fourth-order valence-corrected chi connectivity index (χ4v) is 2.75. The van der Waals surface area contributed by atoms with Crippen LogP contribution in [0.15, 0.2) is 49.1 Å². The van der Waals surface area contributed by atoms with Crippen LogP contribution in [-0.2, 0) is 19.5 Å². The average molecular weight is 413 g/mol. The summed E-state index contributed by atoms with van der Waals surface area (Å²) in [6.07, 6.45) is 0.382. The summed E-state index contributed by atoms with van der Waals surface area (Å²) in [6, 6.07) is 5.72. The zero-order valence-corrected chi connectivity index (χ0v) is 15.1. The number of nitrogens with one attached hydrogen (secondary N) is 1. The molecule has 2 aromatic carbocycles. The van der Waals surface area contributed by atoms with E-state index in [4.69, 9.17) is 0 Å². The predicted molar refractivity (Wildman–Crippen MR) is 98.4 cm³/mol. The van der Waals surface area contributed by atoms with Crippen LogP contribution in [0, 0.1) is 23.3 Å². The Balaban J connectivity index is 0.00000320. The largest absolute Gasteiger partial charge is 0.381 e. The molecule has 0 aliphatic heterocycles. The van der Waals surface area contributed by atoms with Gasteiger partial charge in [0, 0.05) is 32.3 Å². The van der Waals surface area contributed by atoms with Crippen LogP contribution in [0.1, 0.15) is 12.7 Å². The first-order valence-electron chi connectivity index (χ1n) is 8.35. The van der Waals surface area contributed by atoms with Crippen molar-refractivity contribution in [3.8, 4) is 11.3 Å². The van der Waals surface area contributed by atoms with Crippen molar-refractivity contribution in [3.05, 3.63) is 83.6 Å². The maximum absolute atomic E-state index is 14.6. The number of aryl methyl sites for hydroxylation is 1. The molecule has 3 rings (SSSR count). The molecule has 0 atom stereocenters. The van der Waals surface area contributed by atoms with Gasteiger partial charge in [-0.3, -0.25) is 4.68 Å². The number of alkyl halides is 2. The van der Waals surface area contributed by atoms with Gasteiger partial charge >= 0.3 is 5.92 Å². The summed E-state index contributed by atoms with van der Waals surface area (Å²) in [5, 5.41) is 6.24. The van der Waals surface area contributed by atoms with E-state index in [0.29, 0.717) is 12.1 Å². The van der Waals surface area contributed by atoms with Gasteiger partial charge in [-0.25, -0.2) is 17.6 Å². The number of anilines is 1. The fraction of sp³-hybridized carbons (Fsp3) is 0.150. The summed E-state index contributed by atoms with van der Waals surface area (Å²) < 4.78 is 84.1. The van der Waals surface area contributed by atoms with Gasteiger partial charge in [-0.2, -0.15) is 13.9 Å². The molecule has 1 N–H and O–H groups in total. The first kappa shape index (κ1) is 20.5. The van der Waals surface area contributed by atoms with E-state index in [2.05, 4.69) is 17.0 Å². The summed E-state index contributed by atoms with van der Waals surface area (Å²) in [4.78, 5) is 0. The second kappa shape index (κ2) is 7.65. The summed E-state index contributed by atoms with van der Waals surface area (Å²) in [7, 11) is 1.28. The van der Waals surface area contributed by atoms with Crippen molar-refractivity contribution in [3.63, 3.8) is 0 Å². The lowest BCUT2D eigenvalue weighted by Crippen LogP contribution is -2.10. The van der Waals surface area contributed by atoms with E-state index in [9.17, 15) is 26.3 Å². The highest BCUT2D eigenvalue weighted by molar-refractivity contribution is 5.65. The van der Waals surface area contributed by atoms with E-state index in [1.165, 1.54) is 13.1 Å². The molecule has 0 spiro atoms. The first-order valence-corrected chi connectivity index (χ1v) is 8.35. The van der Waals surface area contributed by atoms with Gasteiger partial charge in [0.1, 0.15) is 29.0 Å². The average Bonchev–Trinajstić information content (AvgIpc) is 3.03. The van der Waals surface area contributed by atoms with Crippen molar-refractivity contribution in [1.29, 1.82) is 0 Å². The summed E-state index contributed by atoms with van der Waals surface area (Å²) in [6.45, 7) is 2.87. The molecule has 0 unspecified atom stereocenters. The Labute approximate surface area is 163 Å². The highest BCUT2D eigenvalue weighted by atomic mass is 19.3. The van der Waals surface area contributed by atoms with Gasteiger partial charge in [-0.15, -0.1) is 0 Å². The lowest BCUT2D eigenvalue weighted by molar-refractivity contribution is 0.0470. The number of aromatic nitrogens is 2. The molecule has 0 aliphatic carbocycles. The SMILES string of the molecule is C=CC(F)(F)c1cc(-c2c(F)cc(NCc3ccc(F)cc3F)cc2F)n(C)n1.[HH]. The van der Waals surface area contributed by atoms with Crippen LogP contribution >= 0.6 is 0 Å². The Morgan fingerprint density at radius 1 is 1.07 bits per heavy atom. The Hall–Kier alpha value is -3.23. The highest BCUT2D eigenvalue weighted by Crippen LogP contribution is 2.34. The van der Waals surface area contributed by atoms with Gasteiger partial charge in [0.15, 0.2) is 0 Å². The third kappa shape index (κ3) is 4.13. The van der Waals surface area contributed by atoms with Crippen LogP contribution < -0.4 is 5.32 Å². The van der Waals surface area contributed by atoms with Crippen LogP contribution in [0.2, 0.25) is 0 Å². The minimum absolute atomic E-state index is 0. The van der Waals surface area contributed by atoms with Crippen molar-refractivity contribution >= 4 is 5.69 Å². The van der Waals surface area contributed by atoms with E-state index in [0.717, 1.165) is 28.9 Å². The quantitative estimate of drug-likeness (QED) is 0.410. The van der Waals surface area contributed by atoms with Crippen LogP contribution in [-0.4, -0.2) is 9.78 Å². The molecule has 3 aromatic rings. The van der Waals surface area contributed by atoms with Crippen LogP contribution in [0.3, 0.4) is 0 Å². The lowest BCUT2D eigenvalue weighted by atomic mass is 10.1. The number of hydrogen-bond acceptors (Lipinski definition) is 2. The maximum atomic E-state index is 14.6. The second-order valence-electron chi connectivity index (χ2n) is 6.27. The molecular formula is C20H17F6N3. The molecule has 0 fully saturated rings. The zero-order chi connectivity index (χ0) is 21.3. The minimum atomic E-state index is -3.45. The predicted octanol–water partition coefficient (Wildman–Crippen LogP) is 5.78. The van der Waals surface area contributed by atoms with Crippen molar-refractivity contribution in [2.45, 2.75) is 12.5 Å². The number of benzene rings is 2. The standard InChI is InChI=1S/C20H15F6N3.H2/c1-3-20(25,26)18-9-17(29(2)28-18)19-15(23)7-13(8-16(19)24)27-10-11-4-5-12(21)6-14(11)22;/h3-9,27H,1,10H2,2H3;1H. The van der Waals surface area contributed by atoms with E-state index < -0.39 is 40.4 Å². The molecule has 0 saturated heterocycles. The van der Waals surface area contributed by atoms with Gasteiger partial charge in [0.05, 0.1) is 11.3 Å². The fourth-order valence-electron chi connectivity index (χ4n) is 2.75. The molecule has 0 aliphatic rings. The van der Waals surface area contributed by atoms with Gasteiger partial charge in [0.2, 0.25) is 0 Å². The van der Waals surface area contributed by atoms with Gasteiger partial charge in [-0.1, -0.05) is 12.6 Å². The lowest BCUT2D eigenvalue weighted by Gasteiger charge is -2.11. The monoisotopic (exact) mass is 413 g/mol. The topological polar surface area (TPSA) is 29.9 Å². The summed E-state index contributed by atoms with van der Waals surface area (Å²) in [5.41, 5.74) is -1.33. The molecule has 0 radical (unpaired) electrons. The molecule has 0 amide bonds. The molecule has 1 aromatic heterocycles. The summed E-state index contributed by atoms with van der Waals surface area (Å²) in [5.74, 6) is -7.05. The normalized spacial score (nSPS) is 11.6. The van der Waals surface area contributed by atoms with Crippen LogP contribution in [0.4, 0.5) is 32.0 Å². The van der Waals surface area contributed by atoms with Gasteiger partial charge < -0.3 is 5.32 Å². The van der Waals surface area contributed by atoms with Crippen molar-refractivity contribution < 1.29 is 27.8 Å². The Morgan fingerprint density at radius 2 is 1.72 bits per heavy atom. The Bertz CT molecular complexity index is 1060. The third-order valence-corrected chi connectivity index (χ3v) is 4.27. The number of hydrogen-bond donors (Lipinski definition) is 1. The number of halogens is 6. The van der Waals surface area contributed by atoms with E-state index in [-0.39, 0.29) is 24.9 Å². The van der Waals surface area contributed by atoms with Gasteiger partial charge in [-0.05, 0) is 30.3 Å². The van der Waals surface area contributed by atoms with E-state index in [1.807, 2.05) is 0 Å². The Kier molecular flexibility index (Phi) is 5.41. The van der Waals surface area contributed by atoms with Crippen LogP contribution in [0.25, 0.3) is 11.3 Å². The molecule has 1 heterocycles. The molecule has 0 saturated carbocycles.